The lowest BCUT2D eigenvalue weighted by molar-refractivity contribution is -0.299. The van der Waals surface area contributed by atoms with E-state index in [-0.39, 0.29) is 0 Å². The lowest BCUT2D eigenvalue weighted by Crippen LogP contribution is -2.26. The predicted octanol–water partition coefficient (Wildman–Crippen LogP) is 1.57. The molecule has 0 aliphatic heterocycles. The van der Waals surface area contributed by atoms with Crippen LogP contribution in [0, 0.1) is 0 Å². The molecule has 0 aromatic carbocycles. The summed E-state index contributed by atoms with van der Waals surface area (Å²) in [5.41, 5.74) is 0. The monoisotopic (exact) mass is 195 g/mol. The zero-order chi connectivity index (χ0) is 9.90. The highest BCUT2D eigenvalue weighted by atomic mass is 19.4. The average Bonchev–Trinajstić information content (AvgIpc) is 2.34. The minimum Gasteiger partial charge on any atom is -0.338 e. The van der Waals surface area contributed by atoms with Gasteiger partial charge in [0.1, 0.15) is 0 Å². The summed E-state index contributed by atoms with van der Waals surface area (Å²) in [6, 6.07) is 2.95. The third kappa shape index (κ3) is 3.50. The van der Waals surface area contributed by atoms with Crippen LogP contribution in [0.25, 0.3) is 0 Å². The quantitative estimate of drug-likeness (QED) is 0.638. The zero-order valence-corrected chi connectivity index (χ0v) is 6.12. The maximum absolute atomic E-state index is 11.4. The predicted molar refractivity (Wildman–Crippen MR) is 33.5 cm³/mol. The molecule has 0 bridgehead atoms. The average molecular weight is 195 g/mol. The Morgan fingerprint density at radius 3 is 2.23 bits per heavy atom. The number of aromatic nitrogens is 1. The smallest absolute Gasteiger partial charge is 0.338 e. The summed E-state index contributed by atoms with van der Waals surface area (Å²) in [6.45, 7) is 0. The van der Waals surface area contributed by atoms with Gasteiger partial charge in [-0.05, 0) is 12.1 Å². The van der Waals surface area contributed by atoms with E-state index >= 15 is 0 Å². The molecule has 0 saturated carbocycles. The maximum atomic E-state index is 11.4. The summed E-state index contributed by atoms with van der Waals surface area (Å²) in [7, 11) is 0. The SMILES string of the molecule is O=C(On1cccc1)OC(F)(F)F. The van der Waals surface area contributed by atoms with Gasteiger partial charge in [-0.25, -0.2) is 4.79 Å². The number of hydrogen-bond donors (Lipinski definition) is 0. The molecule has 1 heterocycles. The normalized spacial score (nSPS) is 11.0. The molecule has 1 aromatic heterocycles. The Hall–Kier alpha value is -1.66. The van der Waals surface area contributed by atoms with Crippen molar-refractivity contribution >= 4 is 6.16 Å². The van der Waals surface area contributed by atoms with Gasteiger partial charge in [0.15, 0.2) is 0 Å². The number of carbonyl (C=O) groups excluding carboxylic acids is 1. The molecular formula is C6H4F3NO3. The second-order valence-electron chi connectivity index (χ2n) is 1.93. The summed E-state index contributed by atoms with van der Waals surface area (Å²) < 4.78 is 37.9. The molecule has 4 nitrogen and oxygen atoms in total. The molecule has 72 valence electrons. The van der Waals surface area contributed by atoms with Gasteiger partial charge >= 0.3 is 12.5 Å². The van der Waals surface area contributed by atoms with Crippen LogP contribution in [0.1, 0.15) is 0 Å². The molecule has 1 aromatic rings. The topological polar surface area (TPSA) is 40.5 Å². The van der Waals surface area contributed by atoms with E-state index in [1.807, 2.05) is 0 Å². The number of alkyl halides is 3. The maximum Gasteiger partial charge on any atom is 0.577 e. The van der Waals surface area contributed by atoms with E-state index in [9.17, 15) is 18.0 Å². The van der Waals surface area contributed by atoms with Gasteiger partial charge < -0.3 is 9.57 Å². The van der Waals surface area contributed by atoms with E-state index in [1.54, 1.807) is 0 Å². The lowest BCUT2D eigenvalue weighted by Gasteiger charge is -2.06. The first-order valence-corrected chi connectivity index (χ1v) is 3.08. The van der Waals surface area contributed by atoms with E-state index in [2.05, 4.69) is 9.57 Å². The molecule has 0 unspecified atom stereocenters. The standard InChI is InChI=1S/C6H4F3NO3/c7-6(8,9)12-5(11)13-10-3-1-2-4-10/h1-4H. The second-order valence-corrected chi connectivity index (χ2v) is 1.93. The summed E-state index contributed by atoms with van der Waals surface area (Å²) >= 11 is 0. The molecule has 0 atom stereocenters. The van der Waals surface area contributed by atoms with Gasteiger partial charge in [0, 0.05) is 12.4 Å². The highest BCUT2D eigenvalue weighted by Crippen LogP contribution is 2.16. The molecule has 13 heavy (non-hydrogen) atoms. The number of halogens is 3. The number of nitrogens with zero attached hydrogens (tertiary/aromatic N) is 1. The van der Waals surface area contributed by atoms with Crippen molar-refractivity contribution in [1.82, 2.24) is 4.73 Å². The van der Waals surface area contributed by atoms with Crippen molar-refractivity contribution in [2.75, 3.05) is 0 Å². The first-order valence-electron chi connectivity index (χ1n) is 3.08. The molecular weight excluding hydrogens is 191 g/mol. The van der Waals surface area contributed by atoms with Crippen LogP contribution in [0.4, 0.5) is 18.0 Å². The van der Waals surface area contributed by atoms with Crippen LogP contribution < -0.4 is 4.84 Å². The Morgan fingerprint density at radius 2 is 1.77 bits per heavy atom. The van der Waals surface area contributed by atoms with Crippen LogP contribution in [0.15, 0.2) is 24.5 Å². The van der Waals surface area contributed by atoms with Gasteiger partial charge in [-0.3, -0.25) is 0 Å². The molecule has 7 heteroatoms. The van der Waals surface area contributed by atoms with Crippen molar-refractivity contribution in [1.29, 1.82) is 0 Å². The molecule has 0 aliphatic carbocycles. The zero-order valence-electron chi connectivity index (χ0n) is 6.12. The van der Waals surface area contributed by atoms with Crippen LogP contribution in [0.2, 0.25) is 0 Å². The molecule has 1 rings (SSSR count). The highest BCUT2D eigenvalue weighted by Gasteiger charge is 2.35. The number of hydrogen-bond acceptors (Lipinski definition) is 3. The van der Waals surface area contributed by atoms with Crippen molar-refractivity contribution in [2.45, 2.75) is 6.36 Å². The third-order valence-corrected chi connectivity index (χ3v) is 0.956. The Labute approximate surface area is 70.4 Å². The van der Waals surface area contributed by atoms with Gasteiger partial charge in [0.25, 0.3) is 0 Å². The van der Waals surface area contributed by atoms with Crippen LogP contribution in [0.5, 0.6) is 0 Å². The fourth-order valence-corrected chi connectivity index (χ4v) is 0.579. The fraction of sp³-hybridized carbons (Fsp3) is 0.167. The van der Waals surface area contributed by atoms with E-state index in [0.717, 1.165) is 4.73 Å². The molecule has 0 N–H and O–H groups in total. The summed E-state index contributed by atoms with van der Waals surface area (Å²) in [5.74, 6) is 0. The number of ether oxygens (including phenoxy) is 1. The summed E-state index contributed by atoms with van der Waals surface area (Å²) in [6.07, 6.45) is -4.36. The first-order chi connectivity index (χ1) is 5.97. The van der Waals surface area contributed by atoms with Gasteiger partial charge in [0.05, 0.1) is 0 Å². The number of carbonyl (C=O) groups is 1. The first kappa shape index (κ1) is 9.43. The van der Waals surface area contributed by atoms with Crippen molar-refractivity contribution in [3.63, 3.8) is 0 Å². The van der Waals surface area contributed by atoms with Gasteiger partial charge in [0.2, 0.25) is 0 Å². The van der Waals surface area contributed by atoms with Crippen LogP contribution in [0.3, 0.4) is 0 Å². The van der Waals surface area contributed by atoms with E-state index in [4.69, 9.17) is 0 Å². The minimum atomic E-state index is -5.02. The largest absolute Gasteiger partial charge is 0.577 e. The number of rotatable bonds is 1. The molecule has 0 amide bonds. The summed E-state index contributed by atoms with van der Waals surface area (Å²) in [5, 5.41) is 0. The second kappa shape index (κ2) is 3.38. The molecule has 0 aliphatic rings. The van der Waals surface area contributed by atoms with Crippen molar-refractivity contribution in [3.05, 3.63) is 24.5 Å². The highest BCUT2D eigenvalue weighted by molar-refractivity contribution is 5.60. The Kier molecular flexibility index (Phi) is 2.45. The molecule has 0 radical (unpaired) electrons. The molecule has 0 fully saturated rings. The Bertz CT molecular complexity index is 280. The third-order valence-electron chi connectivity index (χ3n) is 0.956. The van der Waals surface area contributed by atoms with Crippen LogP contribution in [-0.4, -0.2) is 17.2 Å². The van der Waals surface area contributed by atoms with Crippen molar-refractivity contribution in [2.24, 2.45) is 0 Å². The Balaban J connectivity index is 2.43. The molecule has 0 spiro atoms. The van der Waals surface area contributed by atoms with Crippen molar-refractivity contribution < 1.29 is 27.5 Å². The van der Waals surface area contributed by atoms with Gasteiger partial charge in [-0.2, -0.15) is 4.73 Å². The minimum absolute atomic E-state index is 0.786. The van der Waals surface area contributed by atoms with Crippen LogP contribution >= 0.6 is 0 Å². The van der Waals surface area contributed by atoms with E-state index in [1.165, 1.54) is 24.5 Å². The van der Waals surface area contributed by atoms with Crippen molar-refractivity contribution in [3.8, 4) is 0 Å². The van der Waals surface area contributed by atoms with Crippen LogP contribution in [-0.2, 0) is 4.74 Å². The van der Waals surface area contributed by atoms with E-state index in [0.29, 0.717) is 0 Å². The summed E-state index contributed by atoms with van der Waals surface area (Å²) in [4.78, 5) is 14.4. The Morgan fingerprint density at radius 1 is 1.23 bits per heavy atom. The van der Waals surface area contributed by atoms with Gasteiger partial charge in [-0.1, -0.05) is 0 Å². The lowest BCUT2D eigenvalue weighted by atomic mass is 10.7. The fourth-order valence-electron chi connectivity index (χ4n) is 0.579. The van der Waals surface area contributed by atoms with Gasteiger partial charge in [-0.15, -0.1) is 13.2 Å². The molecule has 0 saturated heterocycles. The van der Waals surface area contributed by atoms with E-state index < -0.39 is 12.5 Å².